The van der Waals surface area contributed by atoms with Gasteiger partial charge >= 0.3 is 12.0 Å². The Morgan fingerprint density at radius 1 is 1.29 bits per heavy atom. The minimum atomic E-state index is -0.963. The van der Waals surface area contributed by atoms with Crippen LogP contribution in [0.4, 0.5) is 4.79 Å². The van der Waals surface area contributed by atoms with Crippen LogP contribution in [0.1, 0.15) is 17.5 Å². The molecular weight excluding hydrogens is 270 g/mol. The second kappa shape index (κ2) is 7.08. The van der Waals surface area contributed by atoms with Gasteiger partial charge in [0.1, 0.15) is 6.04 Å². The Kier molecular flexibility index (Phi) is 5.16. The van der Waals surface area contributed by atoms with E-state index in [0.717, 1.165) is 24.1 Å². The Hall–Kier alpha value is -2.08. The summed E-state index contributed by atoms with van der Waals surface area (Å²) in [6.45, 7) is 1.68. The van der Waals surface area contributed by atoms with Crippen LogP contribution >= 0.6 is 0 Å². The van der Waals surface area contributed by atoms with E-state index >= 15 is 0 Å². The van der Waals surface area contributed by atoms with Crippen LogP contribution in [0.25, 0.3) is 0 Å². The van der Waals surface area contributed by atoms with Gasteiger partial charge in [-0.25, -0.2) is 9.59 Å². The molecule has 2 amide bonds. The van der Waals surface area contributed by atoms with Crippen molar-refractivity contribution >= 4 is 12.0 Å². The third-order valence-electron chi connectivity index (χ3n) is 3.67. The van der Waals surface area contributed by atoms with Crippen molar-refractivity contribution in [3.05, 3.63) is 35.4 Å². The van der Waals surface area contributed by atoms with Gasteiger partial charge < -0.3 is 20.6 Å². The van der Waals surface area contributed by atoms with E-state index in [9.17, 15) is 14.7 Å². The maximum absolute atomic E-state index is 12.2. The Bertz CT molecular complexity index is 519. The maximum Gasteiger partial charge on any atom is 0.326 e. The molecule has 1 heterocycles. The number of carboxylic acid groups (broad SMARTS) is 1. The Balaban J connectivity index is 2.06. The molecule has 0 aliphatic carbocycles. The van der Waals surface area contributed by atoms with Crippen LogP contribution in [0.2, 0.25) is 0 Å². The molecule has 0 aromatic heterocycles. The van der Waals surface area contributed by atoms with Crippen molar-refractivity contribution in [2.45, 2.75) is 25.4 Å². The van der Waals surface area contributed by atoms with Gasteiger partial charge in [-0.05, 0) is 31.1 Å². The number of fused-ring (bicyclic) bond motifs is 1. The molecule has 0 spiro atoms. The molecule has 0 unspecified atom stereocenters. The summed E-state index contributed by atoms with van der Waals surface area (Å²) in [6.07, 6.45) is 1.17. The standard InChI is InChI=1S/C15H21N3O3/c1-16-7-4-8-17-15(21)18-10-12-6-3-2-5-11(12)9-13(18)14(19)20/h2-3,5-6,13,16H,4,7-10H2,1H3,(H,17,21)(H,19,20)/t13-/m1/s1. The van der Waals surface area contributed by atoms with Gasteiger partial charge in [-0.15, -0.1) is 0 Å². The first kappa shape index (κ1) is 15.3. The smallest absolute Gasteiger partial charge is 0.326 e. The van der Waals surface area contributed by atoms with Crippen molar-refractivity contribution < 1.29 is 14.7 Å². The normalized spacial score (nSPS) is 17.2. The minimum Gasteiger partial charge on any atom is -0.480 e. The van der Waals surface area contributed by atoms with Gasteiger partial charge in [-0.3, -0.25) is 0 Å². The second-order valence-corrected chi connectivity index (χ2v) is 5.14. The molecule has 6 heteroatoms. The van der Waals surface area contributed by atoms with Crippen molar-refractivity contribution in [2.24, 2.45) is 0 Å². The molecule has 0 fully saturated rings. The molecule has 1 aromatic rings. The molecule has 2 rings (SSSR count). The molecule has 21 heavy (non-hydrogen) atoms. The van der Waals surface area contributed by atoms with Gasteiger partial charge in [0.2, 0.25) is 0 Å². The molecular formula is C15H21N3O3. The topological polar surface area (TPSA) is 81.7 Å². The fourth-order valence-electron chi connectivity index (χ4n) is 2.52. The lowest BCUT2D eigenvalue weighted by Crippen LogP contribution is -2.52. The summed E-state index contributed by atoms with van der Waals surface area (Å²) < 4.78 is 0. The largest absolute Gasteiger partial charge is 0.480 e. The van der Waals surface area contributed by atoms with Crippen LogP contribution in [0.15, 0.2) is 24.3 Å². The monoisotopic (exact) mass is 291 g/mol. The van der Waals surface area contributed by atoms with Gasteiger partial charge in [0, 0.05) is 19.5 Å². The molecule has 1 aliphatic rings. The third-order valence-corrected chi connectivity index (χ3v) is 3.67. The predicted molar refractivity (Wildman–Crippen MR) is 79.1 cm³/mol. The third kappa shape index (κ3) is 3.72. The molecule has 114 valence electrons. The average Bonchev–Trinajstić information content (AvgIpc) is 2.50. The van der Waals surface area contributed by atoms with Gasteiger partial charge in [0.25, 0.3) is 0 Å². The van der Waals surface area contributed by atoms with E-state index in [1.807, 2.05) is 31.3 Å². The van der Waals surface area contributed by atoms with Crippen molar-refractivity contribution in [3.8, 4) is 0 Å². The molecule has 0 saturated heterocycles. The first-order valence-corrected chi connectivity index (χ1v) is 7.12. The van der Waals surface area contributed by atoms with E-state index in [1.54, 1.807) is 0 Å². The van der Waals surface area contributed by atoms with Crippen LogP contribution in [0.5, 0.6) is 0 Å². The Labute approximate surface area is 124 Å². The summed E-state index contributed by atoms with van der Waals surface area (Å²) in [4.78, 5) is 25.0. The zero-order chi connectivity index (χ0) is 15.2. The van der Waals surface area contributed by atoms with Gasteiger partial charge in [-0.2, -0.15) is 0 Å². The highest BCUT2D eigenvalue weighted by Gasteiger charge is 2.34. The lowest BCUT2D eigenvalue weighted by Gasteiger charge is -2.34. The number of aliphatic carboxylic acids is 1. The molecule has 1 aliphatic heterocycles. The first-order chi connectivity index (χ1) is 10.1. The van der Waals surface area contributed by atoms with Crippen LogP contribution < -0.4 is 10.6 Å². The summed E-state index contributed by atoms with van der Waals surface area (Å²) >= 11 is 0. The number of carbonyl (C=O) groups is 2. The van der Waals surface area contributed by atoms with E-state index in [4.69, 9.17) is 0 Å². The van der Waals surface area contributed by atoms with Crippen LogP contribution in [0, 0.1) is 0 Å². The average molecular weight is 291 g/mol. The van der Waals surface area contributed by atoms with E-state index in [-0.39, 0.29) is 6.03 Å². The number of urea groups is 1. The van der Waals surface area contributed by atoms with E-state index < -0.39 is 12.0 Å². The van der Waals surface area contributed by atoms with Crippen molar-refractivity contribution in [2.75, 3.05) is 20.1 Å². The Morgan fingerprint density at radius 3 is 2.67 bits per heavy atom. The number of nitrogens with one attached hydrogen (secondary N) is 2. The molecule has 6 nitrogen and oxygen atoms in total. The number of rotatable bonds is 5. The number of carbonyl (C=O) groups excluding carboxylic acids is 1. The van der Waals surface area contributed by atoms with Crippen molar-refractivity contribution in [3.63, 3.8) is 0 Å². The zero-order valence-electron chi connectivity index (χ0n) is 12.1. The fourth-order valence-corrected chi connectivity index (χ4v) is 2.52. The summed E-state index contributed by atoms with van der Waals surface area (Å²) in [5, 5.41) is 15.1. The number of carboxylic acids is 1. The first-order valence-electron chi connectivity index (χ1n) is 7.12. The number of benzene rings is 1. The Morgan fingerprint density at radius 2 is 2.00 bits per heavy atom. The van der Waals surface area contributed by atoms with Crippen LogP contribution in [-0.4, -0.2) is 48.2 Å². The van der Waals surface area contributed by atoms with Crippen molar-refractivity contribution in [1.82, 2.24) is 15.5 Å². The predicted octanol–water partition coefficient (Wildman–Crippen LogP) is 0.817. The second-order valence-electron chi connectivity index (χ2n) is 5.14. The summed E-state index contributed by atoms with van der Waals surface area (Å²) in [6, 6.07) is 6.55. The van der Waals surface area contributed by atoms with E-state index in [2.05, 4.69) is 10.6 Å². The maximum atomic E-state index is 12.2. The lowest BCUT2D eigenvalue weighted by atomic mass is 9.94. The minimum absolute atomic E-state index is 0.312. The highest BCUT2D eigenvalue weighted by molar-refractivity contribution is 5.83. The fraction of sp³-hybridized carbons (Fsp3) is 0.467. The summed E-state index contributed by atoms with van der Waals surface area (Å²) in [7, 11) is 1.85. The molecule has 0 bridgehead atoms. The number of hydrogen-bond acceptors (Lipinski definition) is 3. The van der Waals surface area contributed by atoms with Gasteiger partial charge in [0.05, 0.1) is 0 Å². The zero-order valence-corrected chi connectivity index (χ0v) is 12.1. The highest BCUT2D eigenvalue weighted by Crippen LogP contribution is 2.23. The van der Waals surface area contributed by atoms with Gasteiger partial charge in [-0.1, -0.05) is 24.3 Å². The number of amides is 2. The highest BCUT2D eigenvalue weighted by atomic mass is 16.4. The SMILES string of the molecule is CNCCCNC(=O)N1Cc2ccccc2C[C@@H]1C(=O)O. The lowest BCUT2D eigenvalue weighted by molar-refractivity contribution is -0.142. The molecule has 3 N–H and O–H groups in total. The quantitative estimate of drug-likeness (QED) is 0.701. The van der Waals surface area contributed by atoms with Crippen LogP contribution in [-0.2, 0) is 17.8 Å². The number of nitrogens with zero attached hydrogens (tertiary/aromatic N) is 1. The summed E-state index contributed by atoms with van der Waals surface area (Å²) in [5.74, 6) is -0.963. The molecule has 0 saturated carbocycles. The van der Waals surface area contributed by atoms with E-state index in [0.29, 0.717) is 19.5 Å². The van der Waals surface area contributed by atoms with Crippen LogP contribution in [0.3, 0.4) is 0 Å². The summed E-state index contributed by atoms with van der Waals surface area (Å²) in [5.41, 5.74) is 2.02. The molecule has 0 radical (unpaired) electrons. The molecule has 1 aromatic carbocycles. The molecule has 1 atom stereocenters. The van der Waals surface area contributed by atoms with E-state index in [1.165, 1.54) is 4.90 Å². The number of hydrogen-bond donors (Lipinski definition) is 3. The van der Waals surface area contributed by atoms with Crippen molar-refractivity contribution in [1.29, 1.82) is 0 Å². The van der Waals surface area contributed by atoms with Gasteiger partial charge in [0.15, 0.2) is 0 Å².